The lowest BCUT2D eigenvalue weighted by molar-refractivity contribution is -0.134. The molecule has 1 saturated heterocycles. The summed E-state index contributed by atoms with van der Waals surface area (Å²) < 4.78 is 0. The molecule has 1 aliphatic carbocycles. The quantitative estimate of drug-likeness (QED) is 0.772. The number of rotatable bonds is 7. The smallest absolute Gasteiger partial charge is 0.236 e. The molecule has 0 unspecified atom stereocenters. The Morgan fingerprint density at radius 2 is 1.89 bits per heavy atom. The van der Waals surface area contributed by atoms with Crippen LogP contribution >= 0.6 is 0 Å². The van der Waals surface area contributed by atoms with E-state index in [1.54, 1.807) is 0 Å². The molecule has 7 heteroatoms. The Hall–Kier alpha value is -1.73. The summed E-state index contributed by atoms with van der Waals surface area (Å²) in [6.07, 6.45) is 8.18. The van der Waals surface area contributed by atoms with Gasteiger partial charge in [0, 0.05) is 39.8 Å². The Kier molecular flexibility index (Phi) is 7.24. The molecule has 1 aromatic rings. The number of likely N-dealkylation sites (N-methyl/N-ethyl adjacent to an activating group) is 1. The van der Waals surface area contributed by atoms with Crippen LogP contribution in [0.3, 0.4) is 0 Å². The number of nitrogens with zero attached hydrogens (tertiary/aromatic N) is 5. The molecule has 1 saturated carbocycles. The molecule has 0 radical (unpaired) electrons. The molecule has 2 heterocycles. The monoisotopic (exact) mass is 388 g/mol. The summed E-state index contributed by atoms with van der Waals surface area (Å²) in [6, 6.07) is 2.57. The van der Waals surface area contributed by atoms with Gasteiger partial charge in [-0.3, -0.25) is 9.69 Å². The van der Waals surface area contributed by atoms with Gasteiger partial charge in [-0.1, -0.05) is 19.3 Å². The topological polar surface area (TPSA) is 64.6 Å². The number of likely N-dealkylation sites (tertiary alicyclic amines) is 1. The predicted molar refractivity (Wildman–Crippen MR) is 112 cm³/mol. The number of carbonyl (C=O) groups is 1. The molecule has 0 aromatic carbocycles. The Labute approximate surface area is 169 Å². The van der Waals surface area contributed by atoms with Crippen LogP contribution in [0.2, 0.25) is 0 Å². The van der Waals surface area contributed by atoms with Crippen molar-refractivity contribution in [2.75, 3.05) is 46.2 Å². The third-order valence-electron chi connectivity index (χ3n) is 6.11. The van der Waals surface area contributed by atoms with E-state index < -0.39 is 0 Å². The van der Waals surface area contributed by atoms with Crippen molar-refractivity contribution in [3.05, 3.63) is 17.6 Å². The molecule has 1 aliphatic heterocycles. The van der Waals surface area contributed by atoms with Crippen LogP contribution in [0.4, 0.5) is 5.82 Å². The average Bonchev–Trinajstić information content (AvgIpc) is 3.16. The lowest BCUT2D eigenvalue weighted by atomic mass is 9.94. The van der Waals surface area contributed by atoms with Gasteiger partial charge in [-0.15, -0.1) is 0 Å². The minimum absolute atomic E-state index is 0.124. The SMILES string of the molecule is CNCc1cc(N(C)C)nc([C@H]2CCCN2CC(=O)N(C)C2CCCCC2)n1. The van der Waals surface area contributed by atoms with Crippen LogP contribution in [0.1, 0.15) is 62.5 Å². The lowest BCUT2D eigenvalue weighted by Gasteiger charge is -2.33. The van der Waals surface area contributed by atoms with E-state index in [9.17, 15) is 4.79 Å². The fraction of sp³-hybridized carbons (Fsp3) is 0.762. The highest BCUT2D eigenvalue weighted by molar-refractivity contribution is 5.78. The van der Waals surface area contributed by atoms with Gasteiger partial charge in [0.15, 0.2) is 0 Å². The second-order valence-corrected chi connectivity index (χ2v) is 8.43. The highest BCUT2D eigenvalue weighted by Crippen LogP contribution is 2.31. The van der Waals surface area contributed by atoms with Crippen molar-refractivity contribution >= 4 is 11.7 Å². The third-order valence-corrected chi connectivity index (χ3v) is 6.11. The van der Waals surface area contributed by atoms with E-state index in [2.05, 4.69) is 10.2 Å². The predicted octanol–water partition coefficient (Wildman–Crippen LogP) is 2.19. The molecule has 7 nitrogen and oxygen atoms in total. The zero-order valence-corrected chi connectivity index (χ0v) is 17.9. The molecule has 28 heavy (non-hydrogen) atoms. The first-order chi connectivity index (χ1) is 13.5. The van der Waals surface area contributed by atoms with Crippen molar-refractivity contribution in [1.29, 1.82) is 0 Å². The Morgan fingerprint density at radius 3 is 2.57 bits per heavy atom. The molecule has 0 bridgehead atoms. The molecule has 0 spiro atoms. The summed E-state index contributed by atoms with van der Waals surface area (Å²) in [5, 5.41) is 3.18. The van der Waals surface area contributed by atoms with Gasteiger partial charge in [-0.05, 0) is 39.3 Å². The van der Waals surface area contributed by atoms with E-state index in [0.29, 0.717) is 19.1 Å². The maximum absolute atomic E-state index is 12.9. The molecular weight excluding hydrogens is 352 g/mol. The van der Waals surface area contributed by atoms with Crippen LogP contribution in [-0.2, 0) is 11.3 Å². The first-order valence-corrected chi connectivity index (χ1v) is 10.7. The molecule has 3 rings (SSSR count). The van der Waals surface area contributed by atoms with Crippen LogP contribution in [0, 0.1) is 0 Å². The van der Waals surface area contributed by atoms with Crippen molar-refractivity contribution in [2.24, 2.45) is 0 Å². The van der Waals surface area contributed by atoms with Crippen molar-refractivity contribution in [3.63, 3.8) is 0 Å². The molecule has 156 valence electrons. The van der Waals surface area contributed by atoms with Crippen LogP contribution in [0.15, 0.2) is 6.07 Å². The van der Waals surface area contributed by atoms with Gasteiger partial charge < -0.3 is 15.1 Å². The van der Waals surface area contributed by atoms with Crippen LogP contribution in [0.25, 0.3) is 0 Å². The fourth-order valence-electron chi connectivity index (χ4n) is 4.42. The van der Waals surface area contributed by atoms with Gasteiger partial charge in [0.25, 0.3) is 0 Å². The summed E-state index contributed by atoms with van der Waals surface area (Å²) in [5.74, 6) is 2.01. The molecule has 1 aromatic heterocycles. The van der Waals surface area contributed by atoms with Crippen LogP contribution in [-0.4, -0.2) is 73.0 Å². The zero-order chi connectivity index (χ0) is 20.1. The van der Waals surface area contributed by atoms with E-state index in [4.69, 9.17) is 9.97 Å². The number of nitrogens with one attached hydrogen (secondary N) is 1. The molecular formula is C21H36N6O. The number of hydrogen-bond donors (Lipinski definition) is 1. The van der Waals surface area contributed by atoms with Crippen LogP contribution < -0.4 is 10.2 Å². The maximum Gasteiger partial charge on any atom is 0.236 e. The van der Waals surface area contributed by atoms with Gasteiger partial charge in [-0.25, -0.2) is 9.97 Å². The summed E-state index contributed by atoms with van der Waals surface area (Å²) >= 11 is 0. The fourth-order valence-corrected chi connectivity index (χ4v) is 4.42. The summed E-state index contributed by atoms with van der Waals surface area (Å²) in [5.41, 5.74) is 0.994. The first kappa shape index (κ1) is 21.0. The summed E-state index contributed by atoms with van der Waals surface area (Å²) in [7, 11) is 7.92. The van der Waals surface area contributed by atoms with Gasteiger partial charge in [0.05, 0.1) is 18.3 Å². The highest BCUT2D eigenvalue weighted by atomic mass is 16.2. The summed E-state index contributed by atoms with van der Waals surface area (Å²) in [6.45, 7) is 2.12. The number of amides is 1. The molecule has 1 amide bonds. The minimum Gasteiger partial charge on any atom is -0.363 e. The first-order valence-electron chi connectivity index (χ1n) is 10.7. The normalized spacial score (nSPS) is 21.1. The number of hydrogen-bond acceptors (Lipinski definition) is 6. The number of aromatic nitrogens is 2. The Bertz CT molecular complexity index is 658. The van der Waals surface area contributed by atoms with E-state index in [-0.39, 0.29) is 11.9 Å². The van der Waals surface area contributed by atoms with Gasteiger partial charge in [0.2, 0.25) is 5.91 Å². The van der Waals surface area contributed by atoms with E-state index in [0.717, 1.165) is 49.6 Å². The van der Waals surface area contributed by atoms with Crippen LogP contribution in [0.5, 0.6) is 0 Å². The van der Waals surface area contributed by atoms with E-state index >= 15 is 0 Å². The molecule has 2 fully saturated rings. The second kappa shape index (κ2) is 9.65. The van der Waals surface area contributed by atoms with E-state index in [1.807, 2.05) is 44.1 Å². The standard InChI is InChI=1S/C21H36N6O/c1-22-14-16-13-19(25(2)3)24-21(23-16)18-11-8-12-27(18)15-20(28)26(4)17-9-6-5-7-10-17/h13,17-18,22H,5-12,14-15H2,1-4H3/t18-/m1/s1. The molecule has 1 N–H and O–H groups in total. The van der Waals surface area contributed by atoms with Gasteiger partial charge >= 0.3 is 0 Å². The van der Waals surface area contributed by atoms with Crippen molar-refractivity contribution in [1.82, 2.24) is 25.1 Å². The largest absolute Gasteiger partial charge is 0.363 e. The zero-order valence-electron chi connectivity index (χ0n) is 17.9. The van der Waals surface area contributed by atoms with Gasteiger partial charge in [0.1, 0.15) is 11.6 Å². The number of anilines is 1. The molecule has 1 atom stereocenters. The maximum atomic E-state index is 12.9. The third kappa shape index (κ3) is 5.00. The number of carbonyl (C=O) groups excluding carboxylic acids is 1. The van der Waals surface area contributed by atoms with Crippen molar-refractivity contribution in [2.45, 2.75) is 63.6 Å². The molecule has 2 aliphatic rings. The summed E-state index contributed by atoms with van der Waals surface area (Å²) in [4.78, 5) is 28.9. The average molecular weight is 389 g/mol. The lowest BCUT2D eigenvalue weighted by Crippen LogP contribution is -2.44. The van der Waals surface area contributed by atoms with Crippen molar-refractivity contribution in [3.8, 4) is 0 Å². The minimum atomic E-state index is 0.124. The second-order valence-electron chi connectivity index (χ2n) is 8.43. The van der Waals surface area contributed by atoms with Crippen molar-refractivity contribution < 1.29 is 4.79 Å². The Morgan fingerprint density at radius 1 is 1.14 bits per heavy atom. The highest BCUT2D eigenvalue weighted by Gasteiger charge is 2.32. The Balaban J connectivity index is 1.72. The van der Waals surface area contributed by atoms with Gasteiger partial charge in [-0.2, -0.15) is 0 Å². The van der Waals surface area contributed by atoms with E-state index in [1.165, 1.54) is 19.3 Å².